The molecule has 0 N–H and O–H groups in total. The molecule has 0 saturated carbocycles. The summed E-state index contributed by atoms with van der Waals surface area (Å²) in [5.41, 5.74) is 1.79. The lowest BCUT2D eigenvalue weighted by molar-refractivity contribution is -0.385. The van der Waals surface area contributed by atoms with Crippen LogP contribution < -0.4 is 23.7 Å². The molecule has 0 bridgehead atoms. The number of aromatic nitrogens is 1. The average Bonchev–Trinajstić information content (AvgIpc) is 3.54. The highest BCUT2D eigenvalue weighted by Gasteiger charge is 2.23. The van der Waals surface area contributed by atoms with Crippen LogP contribution in [0.1, 0.15) is 5.56 Å². The summed E-state index contributed by atoms with van der Waals surface area (Å²) in [6, 6.07) is 13.8. The van der Waals surface area contributed by atoms with Gasteiger partial charge in [0.15, 0.2) is 11.5 Å². The fraction of sp³-hybridized carbons (Fsp3) is 0.120. The number of fused-ring (bicyclic) bond motifs is 1. The Hall–Kier alpha value is -4.71. The van der Waals surface area contributed by atoms with E-state index in [9.17, 15) is 14.5 Å². The summed E-state index contributed by atoms with van der Waals surface area (Å²) in [6.07, 6.45) is 1.35. The van der Waals surface area contributed by atoms with Gasteiger partial charge in [0, 0.05) is 10.9 Å². The summed E-state index contributed by atoms with van der Waals surface area (Å²) in [6.45, 7) is -0.0210. The van der Waals surface area contributed by atoms with E-state index >= 15 is 0 Å². The quantitative estimate of drug-likeness (QED) is 0.189. The Morgan fingerprint density at radius 1 is 1.08 bits per heavy atom. The summed E-state index contributed by atoms with van der Waals surface area (Å²) >= 11 is 1.28. The first-order chi connectivity index (χ1) is 18.0. The van der Waals surface area contributed by atoms with Gasteiger partial charge in [0.1, 0.15) is 17.3 Å². The fourth-order valence-electron chi connectivity index (χ4n) is 3.64. The second-order valence-electron chi connectivity index (χ2n) is 7.64. The van der Waals surface area contributed by atoms with Gasteiger partial charge in [-0.15, -0.1) is 11.3 Å². The molecule has 3 aromatic carbocycles. The maximum atomic E-state index is 13.4. The standard InChI is InChI=1S/C25H19FN4O6S/c1-33-18-7-8-22(34-2)19(10-18)21-13-37-25(28-17-5-3-16(26)4-6-17)29(21)27-12-15-9-23-24(36-14-35-23)11-20(15)30(31)32/h3-13H,14H2,1-2H3. The third kappa shape index (κ3) is 4.86. The highest BCUT2D eigenvalue weighted by atomic mass is 32.1. The zero-order chi connectivity index (χ0) is 25.9. The number of nitrogens with zero attached hydrogens (tertiary/aromatic N) is 4. The van der Waals surface area contributed by atoms with Crippen molar-refractivity contribution < 1.29 is 28.3 Å². The van der Waals surface area contributed by atoms with Crippen molar-refractivity contribution in [1.82, 2.24) is 4.68 Å². The third-order valence-corrected chi connectivity index (χ3v) is 6.27. The molecular formula is C25H19FN4O6S. The number of nitro groups is 1. The molecule has 2 heterocycles. The molecule has 37 heavy (non-hydrogen) atoms. The maximum absolute atomic E-state index is 13.4. The zero-order valence-corrected chi connectivity index (χ0v) is 20.4. The summed E-state index contributed by atoms with van der Waals surface area (Å²) in [4.78, 5) is 16.2. The van der Waals surface area contributed by atoms with Crippen molar-refractivity contribution in [3.05, 3.63) is 86.3 Å². The van der Waals surface area contributed by atoms with E-state index in [1.807, 2.05) is 5.38 Å². The number of hydrogen-bond acceptors (Lipinski definition) is 9. The number of thiazole rings is 1. The summed E-state index contributed by atoms with van der Waals surface area (Å²) in [5.74, 6) is 1.45. The van der Waals surface area contributed by atoms with Crippen molar-refractivity contribution >= 4 is 28.9 Å². The van der Waals surface area contributed by atoms with Crippen molar-refractivity contribution in [2.24, 2.45) is 10.1 Å². The Bertz CT molecular complexity index is 1580. The lowest BCUT2D eigenvalue weighted by Gasteiger charge is -2.11. The van der Waals surface area contributed by atoms with Crippen LogP contribution in [-0.4, -0.2) is 36.8 Å². The molecule has 0 atom stereocenters. The molecule has 0 aliphatic carbocycles. The molecule has 5 rings (SSSR count). The summed E-state index contributed by atoms with van der Waals surface area (Å²) in [7, 11) is 3.10. The van der Waals surface area contributed by atoms with Crippen LogP contribution in [0.3, 0.4) is 0 Å². The van der Waals surface area contributed by atoms with E-state index in [1.54, 1.807) is 32.4 Å². The number of halogens is 1. The Labute approximate surface area is 213 Å². The normalized spacial score (nSPS) is 12.8. The Balaban J connectivity index is 1.69. The van der Waals surface area contributed by atoms with Crippen LogP contribution in [0.15, 0.2) is 70.1 Å². The topological polar surface area (TPSA) is 110 Å². The first kappa shape index (κ1) is 24.0. The Morgan fingerprint density at radius 3 is 2.54 bits per heavy atom. The second-order valence-corrected chi connectivity index (χ2v) is 8.47. The van der Waals surface area contributed by atoms with Gasteiger partial charge in [-0.3, -0.25) is 10.1 Å². The molecule has 0 spiro atoms. The van der Waals surface area contributed by atoms with Gasteiger partial charge in [-0.1, -0.05) is 0 Å². The Kier molecular flexibility index (Phi) is 6.56. The summed E-state index contributed by atoms with van der Waals surface area (Å²) in [5, 5.41) is 18.1. The SMILES string of the molecule is COc1ccc(OC)c(-c2csc(=Nc3ccc(F)cc3)n2N=Cc2cc3c(cc2[N+](=O)[O-])OCO3)c1. The van der Waals surface area contributed by atoms with Gasteiger partial charge in [0.25, 0.3) is 5.69 Å². The molecule has 0 amide bonds. The van der Waals surface area contributed by atoms with Crippen molar-refractivity contribution in [3.63, 3.8) is 0 Å². The predicted molar refractivity (Wildman–Crippen MR) is 135 cm³/mol. The van der Waals surface area contributed by atoms with Crippen LogP contribution in [0.4, 0.5) is 15.8 Å². The molecule has 1 aliphatic rings. The van der Waals surface area contributed by atoms with Gasteiger partial charge < -0.3 is 18.9 Å². The van der Waals surface area contributed by atoms with Crippen LogP contribution in [0.25, 0.3) is 11.3 Å². The van der Waals surface area contributed by atoms with E-state index in [4.69, 9.17) is 18.9 Å². The monoisotopic (exact) mass is 522 g/mol. The van der Waals surface area contributed by atoms with Crippen LogP contribution in [-0.2, 0) is 0 Å². The lowest BCUT2D eigenvalue weighted by Crippen LogP contribution is -2.12. The third-order valence-electron chi connectivity index (χ3n) is 5.45. The van der Waals surface area contributed by atoms with Crippen LogP contribution in [0.5, 0.6) is 23.0 Å². The number of nitro benzene ring substituents is 1. The Morgan fingerprint density at radius 2 is 1.84 bits per heavy atom. The lowest BCUT2D eigenvalue weighted by atomic mass is 10.1. The first-order valence-corrected chi connectivity index (χ1v) is 11.7. The van der Waals surface area contributed by atoms with E-state index in [1.165, 1.54) is 58.6 Å². The average molecular weight is 523 g/mol. The van der Waals surface area contributed by atoms with E-state index in [-0.39, 0.29) is 23.9 Å². The van der Waals surface area contributed by atoms with Crippen molar-refractivity contribution in [1.29, 1.82) is 0 Å². The fourth-order valence-corrected chi connectivity index (χ4v) is 4.49. The minimum atomic E-state index is -0.516. The van der Waals surface area contributed by atoms with Crippen molar-refractivity contribution in [2.45, 2.75) is 0 Å². The number of benzene rings is 3. The van der Waals surface area contributed by atoms with E-state index < -0.39 is 4.92 Å². The van der Waals surface area contributed by atoms with Crippen molar-refractivity contribution in [3.8, 4) is 34.3 Å². The highest BCUT2D eigenvalue weighted by Crippen LogP contribution is 2.38. The number of hydrogen-bond donors (Lipinski definition) is 0. The first-order valence-electron chi connectivity index (χ1n) is 10.8. The van der Waals surface area contributed by atoms with Gasteiger partial charge in [-0.2, -0.15) is 5.10 Å². The second kappa shape index (κ2) is 10.1. The number of methoxy groups -OCH3 is 2. The number of rotatable bonds is 7. The molecule has 10 nitrogen and oxygen atoms in total. The molecule has 188 valence electrons. The van der Waals surface area contributed by atoms with Crippen LogP contribution in [0.2, 0.25) is 0 Å². The maximum Gasteiger partial charge on any atom is 0.282 e. The smallest absolute Gasteiger partial charge is 0.282 e. The molecule has 4 aromatic rings. The van der Waals surface area contributed by atoms with E-state index in [0.29, 0.717) is 44.7 Å². The van der Waals surface area contributed by atoms with E-state index in [0.717, 1.165) is 0 Å². The van der Waals surface area contributed by atoms with Crippen molar-refractivity contribution in [2.75, 3.05) is 21.0 Å². The van der Waals surface area contributed by atoms with E-state index in [2.05, 4.69) is 10.1 Å². The zero-order valence-electron chi connectivity index (χ0n) is 19.6. The summed E-state index contributed by atoms with van der Waals surface area (Å²) < 4.78 is 36.5. The van der Waals surface area contributed by atoms with Gasteiger partial charge >= 0.3 is 0 Å². The highest BCUT2D eigenvalue weighted by molar-refractivity contribution is 7.07. The molecule has 1 aromatic heterocycles. The number of ether oxygens (including phenoxy) is 4. The predicted octanol–water partition coefficient (Wildman–Crippen LogP) is 5.12. The minimum absolute atomic E-state index is 0.0210. The molecular weight excluding hydrogens is 503 g/mol. The van der Waals surface area contributed by atoms with Crippen LogP contribution >= 0.6 is 11.3 Å². The van der Waals surface area contributed by atoms with Gasteiger partial charge in [0.2, 0.25) is 11.6 Å². The minimum Gasteiger partial charge on any atom is -0.497 e. The molecule has 0 radical (unpaired) electrons. The molecule has 0 unspecified atom stereocenters. The van der Waals surface area contributed by atoms with Gasteiger partial charge in [0.05, 0.1) is 48.4 Å². The largest absolute Gasteiger partial charge is 0.497 e. The molecule has 1 aliphatic heterocycles. The van der Waals surface area contributed by atoms with Gasteiger partial charge in [-0.25, -0.2) is 14.1 Å². The van der Waals surface area contributed by atoms with Gasteiger partial charge in [-0.05, 0) is 48.5 Å². The molecule has 12 heteroatoms. The van der Waals surface area contributed by atoms with Crippen LogP contribution in [0, 0.1) is 15.9 Å². The molecule has 0 fully saturated rings. The molecule has 0 saturated heterocycles.